The van der Waals surface area contributed by atoms with Gasteiger partial charge in [0, 0.05) is 27.4 Å². The fourth-order valence-electron chi connectivity index (χ4n) is 2.21. The van der Waals surface area contributed by atoms with Crippen LogP contribution in [-0.4, -0.2) is 18.6 Å². The number of benzene rings is 1. The van der Waals surface area contributed by atoms with Crippen LogP contribution in [0.25, 0.3) is 10.6 Å². The number of thiazole rings is 1. The molecule has 2 rings (SSSR count). The van der Waals surface area contributed by atoms with Crippen LogP contribution in [0.15, 0.2) is 28.7 Å². The summed E-state index contributed by atoms with van der Waals surface area (Å²) in [6.07, 6.45) is 1.14. The molecule has 1 unspecified atom stereocenters. The van der Waals surface area contributed by atoms with E-state index in [0.29, 0.717) is 5.92 Å². The van der Waals surface area contributed by atoms with Crippen LogP contribution in [0.2, 0.25) is 0 Å². The van der Waals surface area contributed by atoms with E-state index in [9.17, 15) is 0 Å². The summed E-state index contributed by atoms with van der Waals surface area (Å²) >= 11 is 5.42. The van der Waals surface area contributed by atoms with Gasteiger partial charge in [0.2, 0.25) is 0 Å². The zero-order valence-electron chi connectivity index (χ0n) is 11.5. The summed E-state index contributed by atoms with van der Waals surface area (Å²) in [4.78, 5) is 6.16. The number of nitrogens with one attached hydrogen (secondary N) is 1. The van der Waals surface area contributed by atoms with E-state index in [-0.39, 0.29) is 0 Å². The normalized spacial score (nSPS) is 12.6. The molecule has 0 aliphatic rings. The largest absolute Gasteiger partial charge is 0.319 e. The van der Waals surface area contributed by atoms with Crippen LogP contribution in [-0.2, 0) is 0 Å². The van der Waals surface area contributed by atoms with Crippen molar-refractivity contribution in [1.29, 1.82) is 0 Å². The summed E-state index contributed by atoms with van der Waals surface area (Å²) in [5.74, 6) is 0.554. The van der Waals surface area contributed by atoms with Gasteiger partial charge < -0.3 is 5.32 Å². The standard InChI is InChI=1S/C15H19BrN2S/c1-4-11(9-17-3)14-10(2)18-15(19-14)12-7-5-6-8-13(12)16/h5-8,11,17H,4,9H2,1-3H3. The van der Waals surface area contributed by atoms with Crippen LogP contribution in [0.3, 0.4) is 0 Å². The van der Waals surface area contributed by atoms with Crippen LogP contribution in [0.5, 0.6) is 0 Å². The van der Waals surface area contributed by atoms with Crippen molar-refractivity contribution in [2.24, 2.45) is 0 Å². The maximum Gasteiger partial charge on any atom is 0.125 e. The zero-order valence-corrected chi connectivity index (χ0v) is 13.9. The smallest absolute Gasteiger partial charge is 0.125 e. The molecule has 0 spiro atoms. The van der Waals surface area contributed by atoms with E-state index in [1.54, 1.807) is 0 Å². The molecule has 0 fully saturated rings. The maximum absolute atomic E-state index is 4.75. The Labute approximate surface area is 127 Å². The third-order valence-corrected chi connectivity index (χ3v) is 5.30. The molecule has 0 saturated heterocycles. The number of nitrogens with zero attached hydrogens (tertiary/aromatic N) is 1. The third kappa shape index (κ3) is 3.25. The highest BCUT2D eigenvalue weighted by molar-refractivity contribution is 9.10. The Morgan fingerprint density at radius 2 is 2.11 bits per heavy atom. The minimum Gasteiger partial charge on any atom is -0.319 e. The van der Waals surface area contributed by atoms with Crippen molar-refractivity contribution < 1.29 is 0 Å². The summed E-state index contributed by atoms with van der Waals surface area (Å²) in [7, 11) is 2.01. The van der Waals surface area contributed by atoms with Gasteiger partial charge in [-0.1, -0.05) is 41.1 Å². The lowest BCUT2D eigenvalue weighted by Crippen LogP contribution is -2.16. The second kappa shape index (κ2) is 6.64. The van der Waals surface area contributed by atoms with Gasteiger partial charge in [-0.15, -0.1) is 11.3 Å². The lowest BCUT2D eigenvalue weighted by molar-refractivity contribution is 0.616. The third-order valence-electron chi connectivity index (χ3n) is 3.25. The monoisotopic (exact) mass is 338 g/mol. The van der Waals surface area contributed by atoms with E-state index in [1.165, 1.54) is 10.4 Å². The van der Waals surface area contributed by atoms with E-state index in [1.807, 2.05) is 24.5 Å². The van der Waals surface area contributed by atoms with Crippen molar-refractivity contribution in [3.8, 4) is 10.6 Å². The Morgan fingerprint density at radius 1 is 1.37 bits per heavy atom. The van der Waals surface area contributed by atoms with E-state index in [0.717, 1.165) is 28.1 Å². The number of likely N-dealkylation sites (N-methyl/N-ethyl adjacent to an activating group) is 1. The van der Waals surface area contributed by atoms with Gasteiger partial charge in [0.15, 0.2) is 0 Å². The molecule has 0 radical (unpaired) electrons. The zero-order chi connectivity index (χ0) is 13.8. The van der Waals surface area contributed by atoms with Gasteiger partial charge >= 0.3 is 0 Å². The Hall–Kier alpha value is -0.710. The van der Waals surface area contributed by atoms with Crippen molar-refractivity contribution in [3.63, 3.8) is 0 Å². The van der Waals surface area contributed by atoms with Crippen LogP contribution in [0, 0.1) is 6.92 Å². The van der Waals surface area contributed by atoms with Gasteiger partial charge in [0.1, 0.15) is 5.01 Å². The van der Waals surface area contributed by atoms with Gasteiger partial charge in [0.25, 0.3) is 0 Å². The maximum atomic E-state index is 4.75. The molecule has 19 heavy (non-hydrogen) atoms. The average Bonchev–Trinajstić information content (AvgIpc) is 2.78. The van der Waals surface area contributed by atoms with Gasteiger partial charge in [-0.25, -0.2) is 4.98 Å². The fraction of sp³-hybridized carbons (Fsp3) is 0.400. The quantitative estimate of drug-likeness (QED) is 0.861. The van der Waals surface area contributed by atoms with Crippen molar-refractivity contribution in [1.82, 2.24) is 10.3 Å². The summed E-state index contributed by atoms with van der Waals surface area (Å²) < 4.78 is 1.11. The minimum atomic E-state index is 0.554. The van der Waals surface area contributed by atoms with E-state index >= 15 is 0 Å². The van der Waals surface area contributed by atoms with Gasteiger partial charge in [-0.05, 0) is 26.5 Å². The SMILES string of the molecule is CCC(CNC)c1sc(-c2ccccc2Br)nc1C. The van der Waals surface area contributed by atoms with Gasteiger partial charge in [0.05, 0.1) is 5.69 Å². The molecule has 1 atom stereocenters. The lowest BCUT2D eigenvalue weighted by atomic mass is 10.0. The van der Waals surface area contributed by atoms with E-state index in [4.69, 9.17) is 4.98 Å². The Bertz CT molecular complexity index is 551. The summed E-state index contributed by atoms with van der Waals surface area (Å²) in [5, 5.41) is 4.38. The molecule has 1 aromatic carbocycles. The molecule has 1 N–H and O–H groups in total. The first-order valence-corrected chi connectivity index (χ1v) is 8.15. The Kier molecular flexibility index (Phi) is 5.13. The Morgan fingerprint density at radius 3 is 2.74 bits per heavy atom. The number of rotatable bonds is 5. The molecular weight excluding hydrogens is 320 g/mol. The van der Waals surface area contributed by atoms with Crippen molar-refractivity contribution in [2.75, 3.05) is 13.6 Å². The number of hydrogen-bond acceptors (Lipinski definition) is 3. The van der Waals surface area contributed by atoms with Crippen LogP contribution < -0.4 is 5.32 Å². The van der Waals surface area contributed by atoms with Crippen molar-refractivity contribution >= 4 is 27.3 Å². The van der Waals surface area contributed by atoms with E-state index in [2.05, 4.69) is 53.3 Å². The van der Waals surface area contributed by atoms with Crippen molar-refractivity contribution in [2.45, 2.75) is 26.2 Å². The molecule has 0 amide bonds. The molecule has 1 aromatic heterocycles. The average molecular weight is 339 g/mol. The molecule has 4 heteroatoms. The molecule has 0 aliphatic heterocycles. The van der Waals surface area contributed by atoms with Crippen LogP contribution >= 0.6 is 27.3 Å². The molecular formula is C15H19BrN2S. The summed E-state index contributed by atoms with van der Waals surface area (Å²) in [5.41, 5.74) is 2.35. The molecule has 0 aliphatic carbocycles. The lowest BCUT2D eigenvalue weighted by Gasteiger charge is -2.12. The molecule has 0 saturated carbocycles. The first-order chi connectivity index (χ1) is 9.17. The first-order valence-electron chi connectivity index (χ1n) is 6.54. The van der Waals surface area contributed by atoms with Crippen molar-refractivity contribution in [3.05, 3.63) is 39.3 Å². The number of halogens is 1. The number of aryl methyl sites for hydroxylation is 1. The van der Waals surface area contributed by atoms with Crippen LogP contribution in [0.1, 0.15) is 29.8 Å². The summed E-state index contributed by atoms with van der Waals surface area (Å²) in [6.45, 7) is 5.36. The predicted molar refractivity (Wildman–Crippen MR) is 86.9 cm³/mol. The minimum absolute atomic E-state index is 0.554. The number of hydrogen-bond donors (Lipinski definition) is 1. The van der Waals surface area contributed by atoms with E-state index < -0.39 is 0 Å². The number of aromatic nitrogens is 1. The fourth-order valence-corrected chi connectivity index (χ4v) is 4.10. The Balaban J connectivity index is 2.38. The highest BCUT2D eigenvalue weighted by Gasteiger charge is 2.17. The highest BCUT2D eigenvalue weighted by Crippen LogP contribution is 2.36. The van der Waals surface area contributed by atoms with Gasteiger partial charge in [-0.2, -0.15) is 0 Å². The molecule has 2 nitrogen and oxygen atoms in total. The summed E-state index contributed by atoms with van der Waals surface area (Å²) in [6, 6.07) is 8.27. The molecule has 1 heterocycles. The topological polar surface area (TPSA) is 24.9 Å². The highest BCUT2D eigenvalue weighted by atomic mass is 79.9. The second-order valence-corrected chi connectivity index (χ2v) is 6.50. The molecule has 102 valence electrons. The second-order valence-electron chi connectivity index (χ2n) is 4.61. The molecule has 2 aromatic rings. The van der Waals surface area contributed by atoms with Gasteiger partial charge in [-0.3, -0.25) is 0 Å². The first kappa shape index (κ1) is 14.7. The van der Waals surface area contributed by atoms with Crippen LogP contribution in [0.4, 0.5) is 0 Å². The predicted octanol–water partition coefficient (Wildman–Crippen LogP) is 4.59. The molecule has 0 bridgehead atoms.